The van der Waals surface area contributed by atoms with Crippen molar-refractivity contribution in [1.29, 1.82) is 0 Å². The molecule has 3 N–H and O–H groups in total. The second kappa shape index (κ2) is 12.5. The number of hydrogen-bond acceptors (Lipinski definition) is 8. The molecular weight excluding hydrogens is 469 g/mol. The zero-order valence-corrected chi connectivity index (χ0v) is 20.4. The van der Waals surface area contributed by atoms with Gasteiger partial charge < -0.3 is 25.5 Å². The van der Waals surface area contributed by atoms with Crippen molar-refractivity contribution in [2.24, 2.45) is 0 Å². The fraction of sp³-hybridized carbons (Fsp3) is 0.400. The van der Waals surface area contributed by atoms with E-state index < -0.39 is 5.82 Å². The fourth-order valence-corrected chi connectivity index (χ4v) is 4.12. The Morgan fingerprint density at radius 1 is 0.857 bits per heavy atom. The summed E-state index contributed by atoms with van der Waals surface area (Å²) in [6, 6.07) is 14.8. The molecule has 10 heteroatoms. The first-order valence-electron chi connectivity index (χ1n) is 12.0. The van der Waals surface area contributed by atoms with Crippen LogP contribution < -0.4 is 20.4 Å². The van der Waals surface area contributed by atoms with E-state index in [1.165, 1.54) is 17.8 Å². The predicted octanol–water partition coefficient (Wildman–Crippen LogP) is 4.70. The first-order chi connectivity index (χ1) is 17.1. The maximum absolute atomic E-state index is 13.6. The largest absolute Gasteiger partial charge is 0.396 e. The van der Waals surface area contributed by atoms with Crippen LogP contribution in [0.4, 0.5) is 33.6 Å². The van der Waals surface area contributed by atoms with Gasteiger partial charge in [0.1, 0.15) is 5.82 Å². The number of aliphatic hydroxyl groups excluding tert-OH is 1. The Labute approximate surface area is 210 Å². The summed E-state index contributed by atoms with van der Waals surface area (Å²) in [4.78, 5) is 18.3. The van der Waals surface area contributed by atoms with Crippen molar-refractivity contribution in [2.45, 2.75) is 25.7 Å². The number of unbranched alkanes of at least 4 members (excludes halogenated alkanes) is 3. The molecule has 1 aliphatic rings. The highest BCUT2D eigenvalue weighted by Crippen LogP contribution is 2.24. The van der Waals surface area contributed by atoms with Gasteiger partial charge in [-0.25, -0.2) is 4.39 Å². The minimum atomic E-state index is -0.478. The number of rotatable bonds is 11. The summed E-state index contributed by atoms with van der Waals surface area (Å²) < 4.78 is 13.6. The summed E-state index contributed by atoms with van der Waals surface area (Å²) in [5.41, 5.74) is 1.80. The molecule has 0 unspecified atom stereocenters. The molecule has 35 heavy (non-hydrogen) atoms. The maximum atomic E-state index is 13.6. The molecule has 1 fully saturated rings. The molecular formula is C25H31ClFN7O. The number of halogens is 2. The van der Waals surface area contributed by atoms with Gasteiger partial charge in [0.15, 0.2) is 0 Å². The standard InChI is InChI=1S/C25H31ClFN7O/c26-21-18-19(10-11-22(21)27)29-24-30-23(28-12-6-1-2-7-17-35)31-25(32-24)34-15-13-33(14-16-34)20-8-4-3-5-9-20/h3-5,8-11,18,35H,1-2,6-7,12-17H2,(H2,28,29,30,31,32). The first kappa shape index (κ1) is 24.9. The number of nitrogens with one attached hydrogen (secondary N) is 2. The van der Waals surface area contributed by atoms with E-state index >= 15 is 0 Å². The number of para-hydroxylation sites is 1. The van der Waals surface area contributed by atoms with Crippen LogP contribution in [0.2, 0.25) is 5.02 Å². The number of anilines is 5. The van der Waals surface area contributed by atoms with Crippen molar-refractivity contribution in [3.8, 4) is 0 Å². The van der Waals surface area contributed by atoms with E-state index in [4.69, 9.17) is 16.7 Å². The highest BCUT2D eigenvalue weighted by Gasteiger charge is 2.21. The average Bonchev–Trinajstić information content (AvgIpc) is 2.89. The number of hydrogen-bond donors (Lipinski definition) is 3. The number of benzene rings is 2. The molecule has 1 aromatic heterocycles. The number of aromatic nitrogens is 3. The molecule has 0 bridgehead atoms. The Morgan fingerprint density at radius 3 is 2.31 bits per heavy atom. The van der Waals surface area contributed by atoms with Crippen molar-refractivity contribution in [2.75, 3.05) is 59.8 Å². The van der Waals surface area contributed by atoms with E-state index in [9.17, 15) is 4.39 Å². The van der Waals surface area contributed by atoms with Gasteiger partial charge in [0.2, 0.25) is 17.8 Å². The lowest BCUT2D eigenvalue weighted by atomic mass is 10.2. The molecule has 2 aromatic carbocycles. The van der Waals surface area contributed by atoms with Gasteiger partial charge in [-0.1, -0.05) is 42.6 Å². The summed E-state index contributed by atoms with van der Waals surface area (Å²) in [6.45, 7) is 4.23. The van der Waals surface area contributed by atoms with Crippen molar-refractivity contribution >= 4 is 40.8 Å². The van der Waals surface area contributed by atoms with Gasteiger partial charge in [0.05, 0.1) is 5.02 Å². The van der Waals surface area contributed by atoms with Gasteiger partial charge in [-0.2, -0.15) is 15.0 Å². The van der Waals surface area contributed by atoms with Crippen LogP contribution >= 0.6 is 11.6 Å². The minimum absolute atomic E-state index is 0.0301. The van der Waals surface area contributed by atoms with Crippen LogP contribution in [0.1, 0.15) is 25.7 Å². The summed E-state index contributed by atoms with van der Waals surface area (Å²) in [7, 11) is 0. The molecule has 186 valence electrons. The number of piperazine rings is 1. The summed E-state index contributed by atoms with van der Waals surface area (Å²) in [5, 5.41) is 15.4. The number of aliphatic hydroxyl groups is 1. The predicted molar refractivity (Wildman–Crippen MR) is 139 cm³/mol. The van der Waals surface area contributed by atoms with Gasteiger partial charge in [0, 0.05) is 50.7 Å². The molecule has 0 radical (unpaired) electrons. The number of nitrogens with zero attached hydrogens (tertiary/aromatic N) is 5. The smallest absolute Gasteiger partial charge is 0.233 e. The Morgan fingerprint density at radius 2 is 1.57 bits per heavy atom. The van der Waals surface area contributed by atoms with Crippen LogP contribution in [0.25, 0.3) is 0 Å². The molecule has 3 aromatic rings. The zero-order chi connectivity index (χ0) is 24.5. The fourth-order valence-electron chi connectivity index (χ4n) is 3.94. The topological polar surface area (TPSA) is 89.4 Å². The van der Waals surface area contributed by atoms with Crippen molar-refractivity contribution in [1.82, 2.24) is 15.0 Å². The van der Waals surface area contributed by atoms with Crippen molar-refractivity contribution in [3.05, 3.63) is 59.4 Å². The SMILES string of the molecule is OCCCCCCNc1nc(Nc2ccc(F)c(Cl)c2)nc(N2CCN(c3ccccc3)CC2)n1. The second-order valence-corrected chi connectivity index (χ2v) is 8.82. The lowest BCUT2D eigenvalue weighted by Crippen LogP contribution is -2.47. The monoisotopic (exact) mass is 499 g/mol. The molecule has 0 spiro atoms. The van der Waals surface area contributed by atoms with Gasteiger partial charge in [-0.05, 0) is 43.2 Å². The Bertz CT molecular complexity index is 1080. The lowest BCUT2D eigenvalue weighted by Gasteiger charge is -2.36. The maximum Gasteiger partial charge on any atom is 0.233 e. The molecule has 0 amide bonds. The second-order valence-electron chi connectivity index (χ2n) is 8.41. The Balaban J connectivity index is 1.46. The molecule has 4 rings (SSSR count). The van der Waals surface area contributed by atoms with Gasteiger partial charge in [-0.3, -0.25) is 0 Å². The molecule has 0 aliphatic carbocycles. The molecule has 8 nitrogen and oxygen atoms in total. The van der Waals surface area contributed by atoms with Crippen LogP contribution in [-0.2, 0) is 0 Å². The van der Waals surface area contributed by atoms with Gasteiger partial charge in [0.25, 0.3) is 0 Å². The normalized spacial score (nSPS) is 13.7. The van der Waals surface area contributed by atoms with E-state index in [0.29, 0.717) is 23.5 Å². The van der Waals surface area contributed by atoms with E-state index in [-0.39, 0.29) is 11.6 Å². The molecule has 1 aliphatic heterocycles. The third-order valence-electron chi connectivity index (χ3n) is 5.85. The van der Waals surface area contributed by atoms with Crippen molar-refractivity contribution < 1.29 is 9.50 Å². The van der Waals surface area contributed by atoms with Crippen LogP contribution in [0.15, 0.2) is 48.5 Å². The summed E-state index contributed by atoms with van der Waals surface area (Å²) >= 11 is 5.94. The van der Waals surface area contributed by atoms with Gasteiger partial charge in [-0.15, -0.1) is 0 Å². The zero-order valence-electron chi connectivity index (χ0n) is 19.6. The summed E-state index contributed by atoms with van der Waals surface area (Å²) in [5.74, 6) is 0.962. The summed E-state index contributed by atoms with van der Waals surface area (Å²) in [6.07, 6.45) is 3.78. The van der Waals surface area contributed by atoms with E-state index in [2.05, 4.69) is 59.7 Å². The van der Waals surface area contributed by atoms with E-state index in [1.54, 1.807) is 6.07 Å². The average molecular weight is 500 g/mol. The molecule has 2 heterocycles. The van der Waals surface area contributed by atoms with Crippen LogP contribution in [0.5, 0.6) is 0 Å². The Kier molecular flexibility index (Phi) is 8.91. The lowest BCUT2D eigenvalue weighted by molar-refractivity contribution is 0.283. The quantitative estimate of drug-likeness (QED) is 0.327. The molecule has 0 saturated carbocycles. The molecule has 1 saturated heterocycles. The highest BCUT2D eigenvalue weighted by molar-refractivity contribution is 6.31. The van der Waals surface area contributed by atoms with Crippen LogP contribution in [0.3, 0.4) is 0 Å². The van der Waals surface area contributed by atoms with E-state index in [0.717, 1.165) is 58.4 Å². The van der Waals surface area contributed by atoms with Gasteiger partial charge >= 0.3 is 0 Å². The van der Waals surface area contributed by atoms with Crippen LogP contribution in [0, 0.1) is 5.82 Å². The van der Waals surface area contributed by atoms with Crippen LogP contribution in [-0.4, -0.2) is 59.4 Å². The Hall–Kier alpha value is -3.17. The minimum Gasteiger partial charge on any atom is -0.396 e. The molecule has 0 atom stereocenters. The van der Waals surface area contributed by atoms with Crippen molar-refractivity contribution in [3.63, 3.8) is 0 Å². The third kappa shape index (κ3) is 7.16. The third-order valence-corrected chi connectivity index (χ3v) is 6.14. The van der Waals surface area contributed by atoms with E-state index in [1.807, 2.05) is 6.07 Å². The first-order valence-corrected chi connectivity index (χ1v) is 12.4. The highest BCUT2D eigenvalue weighted by atomic mass is 35.5.